The van der Waals surface area contributed by atoms with Gasteiger partial charge in [-0.1, -0.05) is 6.92 Å². The van der Waals surface area contributed by atoms with E-state index in [0.29, 0.717) is 23.7 Å². The van der Waals surface area contributed by atoms with E-state index in [1.54, 1.807) is 12.3 Å². The zero-order chi connectivity index (χ0) is 13.7. The number of hydrogen-bond donors (Lipinski definition) is 1. The Balaban J connectivity index is 2.38. The number of nitrogens with zero attached hydrogens (tertiary/aromatic N) is 3. The summed E-state index contributed by atoms with van der Waals surface area (Å²) in [5, 5.41) is 3.24. The SMILES string of the molecule is CCNC(c1cncc(F)c1)c1cc(OC)ncn1. The molecule has 100 valence electrons. The smallest absolute Gasteiger partial charge is 0.216 e. The van der Waals surface area contributed by atoms with Gasteiger partial charge in [0.15, 0.2) is 0 Å². The lowest BCUT2D eigenvalue weighted by atomic mass is 10.1. The molecule has 0 spiro atoms. The highest BCUT2D eigenvalue weighted by atomic mass is 19.1. The molecule has 2 aromatic heterocycles. The molecule has 0 saturated carbocycles. The Labute approximate surface area is 110 Å². The van der Waals surface area contributed by atoms with Gasteiger partial charge in [0, 0.05) is 12.3 Å². The van der Waals surface area contributed by atoms with Crippen LogP contribution in [0.4, 0.5) is 4.39 Å². The molecule has 0 aliphatic carbocycles. The van der Waals surface area contributed by atoms with Crippen molar-refractivity contribution >= 4 is 0 Å². The molecule has 2 aromatic rings. The van der Waals surface area contributed by atoms with Crippen LogP contribution in [0.3, 0.4) is 0 Å². The lowest BCUT2D eigenvalue weighted by Gasteiger charge is -2.17. The quantitative estimate of drug-likeness (QED) is 0.889. The predicted octanol–water partition coefficient (Wildman–Crippen LogP) is 1.72. The van der Waals surface area contributed by atoms with Crippen LogP contribution >= 0.6 is 0 Å². The number of halogens is 1. The highest BCUT2D eigenvalue weighted by Gasteiger charge is 2.16. The second-order valence-corrected chi connectivity index (χ2v) is 3.91. The van der Waals surface area contributed by atoms with E-state index in [0.717, 1.165) is 0 Å². The summed E-state index contributed by atoms with van der Waals surface area (Å²) in [7, 11) is 1.54. The first-order chi connectivity index (χ1) is 9.24. The zero-order valence-electron chi connectivity index (χ0n) is 10.8. The maximum atomic E-state index is 13.3. The molecule has 0 aromatic carbocycles. The van der Waals surface area contributed by atoms with E-state index < -0.39 is 0 Å². The van der Waals surface area contributed by atoms with E-state index in [1.165, 1.54) is 25.7 Å². The highest BCUT2D eigenvalue weighted by molar-refractivity contribution is 5.27. The molecule has 1 N–H and O–H groups in total. The monoisotopic (exact) mass is 262 g/mol. The Morgan fingerprint density at radius 2 is 2.16 bits per heavy atom. The Bertz CT molecular complexity index is 550. The van der Waals surface area contributed by atoms with Gasteiger partial charge >= 0.3 is 0 Å². The summed E-state index contributed by atoms with van der Waals surface area (Å²) in [5.74, 6) is 0.0960. The van der Waals surface area contributed by atoms with Crippen LogP contribution in [0.1, 0.15) is 24.2 Å². The van der Waals surface area contributed by atoms with Crippen molar-refractivity contribution in [2.45, 2.75) is 13.0 Å². The molecular formula is C13H15FN4O. The molecule has 1 unspecified atom stereocenters. The third-order valence-electron chi connectivity index (χ3n) is 2.64. The lowest BCUT2D eigenvalue weighted by Crippen LogP contribution is -2.23. The van der Waals surface area contributed by atoms with Crippen LogP contribution in [0.2, 0.25) is 0 Å². The summed E-state index contributed by atoms with van der Waals surface area (Å²) in [4.78, 5) is 12.0. The molecule has 2 rings (SSSR count). The highest BCUT2D eigenvalue weighted by Crippen LogP contribution is 2.22. The van der Waals surface area contributed by atoms with Gasteiger partial charge in [0.2, 0.25) is 5.88 Å². The number of ether oxygens (including phenoxy) is 1. The molecule has 0 fully saturated rings. The predicted molar refractivity (Wildman–Crippen MR) is 68.3 cm³/mol. The van der Waals surface area contributed by atoms with Crippen LogP contribution < -0.4 is 10.1 Å². The Hall–Kier alpha value is -2.08. The van der Waals surface area contributed by atoms with Gasteiger partial charge in [-0.25, -0.2) is 14.4 Å². The van der Waals surface area contributed by atoms with Crippen LogP contribution in [0.5, 0.6) is 5.88 Å². The molecule has 2 heterocycles. The second kappa shape index (κ2) is 6.19. The first-order valence-electron chi connectivity index (χ1n) is 5.94. The number of methoxy groups -OCH3 is 1. The van der Waals surface area contributed by atoms with Gasteiger partial charge in [-0.3, -0.25) is 4.98 Å². The van der Waals surface area contributed by atoms with Crippen molar-refractivity contribution in [1.82, 2.24) is 20.3 Å². The lowest BCUT2D eigenvalue weighted by molar-refractivity contribution is 0.395. The molecule has 0 aliphatic rings. The molecule has 5 nitrogen and oxygen atoms in total. The molecular weight excluding hydrogens is 247 g/mol. The fourth-order valence-corrected chi connectivity index (χ4v) is 1.81. The maximum Gasteiger partial charge on any atom is 0.216 e. The Morgan fingerprint density at radius 3 is 2.84 bits per heavy atom. The van der Waals surface area contributed by atoms with Crippen molar-refractivity contribution in [2.24, 2.45) is 0 Å². The number of aromatic nitrogens is 3. The van der Waals surface area contributed by atoms with Crippen molar-refractivity contribution in [3.63, 3.8) is 0 Å². The van der Waals surface area contributed by atoms with Crippen molar-refractivity contribution in [3.8, 4) is 5.88 Å². The van der Waals surface area contributed by atoms with Gasteiger partial charge < -0.3 is 10.1 Å². The Morgan fingerprint density at radius 1 is 1.32 bits per heavy atom. The molecule has 1 atom stereocenters. The number of hydrogen-bond acceptors (Lipinski definition) is 5. The largest absolute Gasteiger partial charge is 0.481 e. The van der Waals surface area contributed by atoms with E-state index in [2.05, 4.69) is 20.3 Å². The van der Waals surface area contributed by atoms with E-state index in [1.807, 2.05) is 6.92 Å². The fourth-order valence-electron chi connectivity index (χ4n) is 1.81. The topological polar surface area (TPSA) is 59.9 Å². The fraction of sp³-hybridized carbons (Fsp3) is 0.308. The normalized spacial score (nSPS) is 12.2. The minimum absolute atomic E-state index is 0.245. The van der Waals surface area contributed by atoms with Crippen LogP contribution in [-0.4, -0.2) is 28.6 Å². The zero-order valence-corrected chi connectivity index (χ0v) is 10.8. The minimum Gasteiger partial charge on any atom is -0.481 e. The van der Waals surface area contributed by atoms with Crippen LogP contribution in [0, 0.1) is 5.82 Å². The summed E-state index contributed by atoms with van der Waals surface area (Å²) < 4.78 is 18.4. The third-order valence-corrected chi connectivity index (χ3v) is 2.64. The number of rotatable bonds is 5. The molecule has 0 radical (unpaired) electrons. The number of pyridine rings is 1. The van der Waals surface area contributed by atoms with Crippen LogP contribution in [-0.2, 0) is 0 Å². The average Bonchev–Trinajstić information content (AvgIpc) is 2.45. The third kappa shape index (κ3) is 3.23. The van der Waals surface area contributed by atoms with Gasteiger partial charge in [-0.05, 0) is 18.2 Å². The molecule has 0 bridgehead atoms. The average molecular weight is 262 g/mol. The van der Waals surface area contributed by atoms with E-state index in [9.17, 15) is 4.39 Å². The van der Waals surface area contributed by atoms with Crippen LogP contribution in [0.15, 0.2) is 30.9 Å². The van der Waals surface area contributed by atoms with Gasteiger partial charge in [0.1, 0.15) is 12.1 Å². The summed E-state index contributed by atoms with van der Waals surface area (Å²) in [5.41, 5.74) is 1.42. The molecule has 0 aliphatic heterocycles. The Kier molecular flexibility index (Phi) is 4.35. The summed E-state index contributed by atoms with van der Waals surface area (Å²) in [6, 6.07) is 2.91. The minimum atomic E-state index is -0.374. The summed E-state index contributed by atoms with van der Waals surface area (Å²) in [6.45, 7) is 2.69. The van der Waals surface area contributed by atoms with E-state index >= 15 is 0 Å². The maximum absolute atomic E-state index is 13.3. The second-order valence-electron chi connectivity index (χ2n) is 3.91. The molecule has 0 saturated heterocycles. The summed E-state index contributed by atoms with van der Waals surface area (Å²) in [6.07, 6.45) is 4.21. The van der Waals surface area contributed by atoms with Crippen molar-refractivity contribution < 1.29 is 9.13 Å². The van der Waals surface area contributed by atoms with Crippen molar-refractivity contribution in [2.75, 3.05) is 13.7 Å². The van der Waals surface area contributed by atoms with E-state index in [-0.39, 0.29) is 11.9 Å². The van der Waals surface area contributed by atoms with Crippen molar-refractivity contribution in [3.05, 3.63) is 47.9 Å². The van der Waals surface area contributed by atoms with Crippen LogP contribution in [0.25, 0.3) is 0 Å². The van der Waals surface area contributed by atoms with Gasteiger partial charge in [0.05, 0.1) is 25.0 Å². The van der Waals surface area contributed by atoms with Gasteiger partial charge in [-0.2, -0.15) is 0 Å². The van der Waals surface area contributed by atoms with Gasteiger partial charge in [-0.15, -0.1) is 0 Å². The van der Waals surface area contributed by atoms with Crippen molar-refractivity contribution in [1.29, 1.82) is 0 Å². The first kappa shape index (κ1) is 13.4. The molecule has 19 heavy (non-hydrogen) atoms. The molecule has 6 heteroatoms. The van der Waals surface area contributed by atoms with E-state index in [4.69, 9.17) is 4.74 Å². The van der Waals surface area contributed by atoms with Gasteiger partial charge in [0.25, 0.3) is 0 Å². The number of nitrogens with one attached hydrogen (secondary N) is 1. The molecule has 0 amide bonds. The summed E-state index contributed by atoms with van der Waals surface area (Å²) >= 11 is 0. The first-order valence-corrected chi connectivity index (χ1v) is 5.94. The standard InChI is InChI=1S/C13H15FN4O/c1-3-16-13(9-4-10(14)7-15-6-9)11-5-12(19-2)18-8-17-11/h4-8,13,16H,3H2,1-2H3.